The van der Waals surface area contributed by atoms with Gasteiger partial charge in [-0.3, -0.25) is 4.79 Å². The van der Waals surface area contributed by atoms with Crippen LogP contribution in [0.4, 0.5) is 4.79 Å². The molecule has 0 fully saturated rings. The van der Waals surface area contributed by atoms with Gasteiger partial charge >= 0.3 is 12.1 Å². The number of carbonyl (C=O) groups excluding carboxylic acids is 2. The zero-order chi connectivity index (χ0) is 12.4. The summed E-state index contributed by atoms with van der Waals surface area (Å²) >= 11 is 0. The highest BCUT2D eigenvalue weighted by atomic mass is 16.6. The molecular formula is C11H21NO4. The maximum atomic E-state index is 10.7. The number of primary amides is 1. The van der Waals surface area contributed by atoms with Crippen molar-refractivity contribution in [1.29, 1.82) is 0 Å². The third-order valence-corrected chi connectivity index (χ3v) is 2.20. The normalized spacial score (nSPS) is 11.9. The molecule has 0 heterocycles. The topological polar surface area (TPSA) is 78.6 Å². The lowest BCUT2D eigenvalue weighted by Gasteiger charge is -2.15. The van der Waals surface area contributed by atoms with Gasteiger partial charge in [-0.15, -0.1) is 0 Å². The van der Waals surface area contributed by atoms with E-state index in [1.54, 1.807) is 0 Å². The number of hydrogen-bond acceptors (Lipinski definition) is 4. The van der Waals surface area contributed by atoms with E-state index in [-0.39, 0.29) is 25.1 Å². The summed E-state index contributed by atoms with van der Waals surface area (Å²) in [7, 11) is 0. The first-order valence-electron chi connectivity index (χ1n) is 5.61. The van der Waals surface area contributed by atoms with Gasteiger partial charge in [0.1, 0.15) is 0 Å². The quantitative estimate of drug-likeness (QED) is 0.510. The standard InChI is InChI=1S/C11H21NO4/c1-3-4-5-6-10(7-15-9(2)13)8-16-11(12)14/h10H,3-8H2,1-2H3,(H2,12,14)/t10-/m1/s1. The highest BCUT2D eigenvalue weighted by molar-refractivity contribution is 5.66. The fraction of sp³-hybridized carbons (Fsp3) is 0.818. The third kappa shape index (κ3) is 9.30. The molecule has 0 bridgehead atoms. The Balaban J connectivity index is 3.84. The molecule has 0 aromatic rings. The zero-order valence-corrected chi connectivity index (χ0v) is 10.0. The lowest BCUT2D eigenvalue weighted by molar-refractivity contribution is -0.142. The van der Waals surface area contributed by atoms with Crippen molar-refractivity contribution >= 4 is 12.1 Å². The molecule has 0 aliphatic heterocycles. The SMILES string of the molecule is CCCCC[C@H](COC(C)=O)COC(N)=O. The van der Waals surface area contributed by atoms with E-state index in [2.05, 4.69) is 6.92 Å². The van der Waals surface area contributed by atoms with Crippen LogP contribution in [-0.2, 0) is 14.3 Å². The fourth-order valence-electron chi connectivity index (χ4n) is 1.33. The molecule has 0 aliphatic rings. The second-order valence-electron chi connectivity index (χ2n) is 3.79. The van der Waals surface area contributed by atoms with Gasteiger partial charge < -0.3 is 15.2 Å². The molecule has 2 N–H and O–H groups in total. The molecule has 1 amide bonds. The van der Waals surface area contributed by atoms with E-state index in [0.717, 1.165) is 25.7 Å². The van der Waals surface area contributed by atoms with E-state index in [1.807, 2.05) is 0 Å². The molecule has 5 heteroatoms. The smallest absolute Gasteiger partial charge is 0.404 e. The Morgan fingerprint density at radius 1 is 1.19 bits per heavy atom. The molecule has 0 radical (unpaired) electrons. The Kier molecular flexibility index (Phi) is 8.29. The van der Waals surface area contributed by atoms with E-state index in [0.29, 0.717) is 0 Å². The van der Waals surface area contributed by atoms with E-state index < -0.39 is 6.09 Å². The number of carbonyl (C=O) groups is 2. The maximum absolute atomic E-state index is 10.7. The predicted molar refractivity (Wildman–Crippen MR) is 59.8 cm³/mol. The van der Waals surface area contributed by atoms with Crippen molar-refractivity contribution in [2.75, 3.05) is 13.2 Å². The van der Waals surface area contributed by atoms with Gasteiger partial charge in [0.05, 0.1) is 13.2 Å². The van der Waals surface area contributed by atoms with Crippen molar-refractivity contribution in [2.45, 2.75) is 39.5 Å². The predicted octanol–water partition coefficient (Wildman–Crippen LogP) is 1.84. The number of nitrogens with two attached hydrogens (primary N) is 1. The number of hydrogen-bond donors (Lipinski definition) is 1. The molecule has 0 aromatic carbocycles. The number of amides is 1. The van der Waals surface area contributed by atoms with Crippen LogP contribution in [0.5, 0.6) is 0 Å². The van der Waals surface area contributed by atoms with Crippen molar-refractivity contribution in [1.82, 2.24) is 0 Å². The molecule has 16 heavy (non-hydrogen) atoms. The minimum absolute atomic E-state index is 0.0444. The summed E-state index contributed by atoms with van der Waals surface area (Å²) in [6.07, 6.45) is 3.35. The first kappa shape index (κ1) is 14.7. The molecule has 0 saturated carbocycles. The van der Waals surface area contributed by atoms with E-state index in [9.17, 15) is 9.59 Å². The molecular weight excluding hydrogens is 210 g/mol. The average molecular weight is 231 g/mol. The average Bonchev–Trinajstić information content (AvgIpc) is 2.21. The molecule has 0 spiro atoms. The molecule has 0 saturated heterocycles. The summed E-state index contributed by atoms with van der Waals surface area (Å²) in [6, 6.07) is 0. The Labute approximate surface area is 96.3 Å². The van der Waals surface area contributed by atoms with Gasteiger partial charge in [-0.1, -0.05) is 26.2 Å². The second-order valence-corrected chi connectivity index (χ2v) is 3.79. The summed E-state index contributed by atoms with van der Waals surface area (Å²) in [4.78, 5) is 21.1. The van der Waals surface area contributed by atoms with Gasteiger partial charge in [-0.05, 0) is 6.42 Å². The van der Waals surface area contributed by atoms with Crippen LogP contribution in [-0.4, -0.2) is 25.3 Å². The lowest BCUT2D eigenvalue weighted by Crippen LogP contribution is -2.22. The molecule has 94 valence electrons. The lowest BCUT2D eigenvalue weighted by atomic mass is 10.0. The largest absolute Gasteiger partial charge is 0.465 e. The van der Waals surface area contributed by atoms with E-state index in [1.165, 1.54) is 6.92 Å². The van der Waals surface area contributed by atoms with Gasteiger partial charge in [0, 0.05) is 12.8 Å². The van der Waals surface area contributed by atoms with Crippen LogP contribution in [0.1, 0.15) is 39.5 Å². The minimum Gasteiger partial charge on any atom is -0.465 e. The number of esters is 1. The summed E-state index contributed by atoms with van der Waals surface area (Å²) in [6.45, 7) is 3.97. The van der Waals surface area contributed by atoms with Crippen LogP contribution in [0.2, 0.25) is 0 Å². The van der Waals surface area contributed by atoms with Gasteiger partial charge in [0.2, 0.25) is 0 Å². The molecule has 5 nitrogen and oxygen atoms in total. The van der Waals surface area contributed by atoms with Crippen LogP contribution in [0.25, 0.3) is 0 Å². The van der Waals surface area contributed by atoms with Crippen LogP contribution >= 0.6 is 0 Å². The van der Waals surface area contributed by atoms with Gasteiger partial charge in [-0.25, -0.2) is 4.79 Å². The summed E-state index contributed by atoms with van der Waals surface area (Å²) in [5.74, 6) is -0.275. The third-order valence-electron chi connectivity index (χ3n) is 2.20. The molecule has 0 aromatic heterocycles. The number of ether oxygens (including phenoxy) is 2. The monoisotopic (exact) mass is 231 g/mol. The minimum atomic E-state index is -0.789. The Morgan fingerprint density at radius 3 is 2.31 bits per heavy atom. The Hall–Kier alpha value is -1.26. The van der Waals surface area contributed by atoms with Crippen molar-refractivity contribution in [3.8, 4) is 0 Å². The maximum Gasteiger partial charge on any atom is 0.404 e. The van der Waals surface area contributed by atoms with Crippen molar-refractivity contribution in [2.24, 2.45) is 11.7 Å². The second kappa shape index (κ2) is 9.00. The fourth-order valence-corrected chi connectivity index (χ4v) is 1.33. The number of rotatable bonds is 8. The van der Waals surface area contributed by atoms with Gasteiger partial charge in [0.15, 0.2) is 0 Å². The Bertz CT molecular complexity index is 200. The van der Waals surface area contributed by atoms with Gasteiger partial charge in [-0.2, -0.15) is 0 Å². The highest BCUT2D eigenvalue weighted by Gasteiger charge is 2.12. The summed E-state index contributed by atoms with van der Waals surface area (Å²) < 4.78 is 9.61. The Morgan fingerprint density at radius 2 is 1.81 bits per heavy atom. The first-order valence-corrected chi connectivity index (χ1v) is 5.61. The van der Waals surface area contributed by atoms with Crippen molar-refractivity contribution < 1.29 is 19.1 Å². The zero-order valence-electron chi connectivity index (χ0n) is 10.0. The molecule has 1 atom stereocenters. The summed E-state index contributed by atoms with van der Waals surface area (Å²) in [5.41, 5.74) is 4.88. The van der Waals surface area contributed by atoms with E-state index >= 15 is 0 Å². The van der Waals surface area contributed by atoms with Crippen LogP contribution in [0, 0.1) is 5.92 Å². The molecule has 0 unspecified atom stereocenters. The van der Waals surface area contributed by atoms with Crippen molar-refractivity contribution in [3.63, 3.8) is 0 Å². The molecule has 0 rings (SSSR count). The number of unbranched alkanes of at least 4 members (excludes halogenated alkanes) is 2. The van der Waals surface area contributed by atoms with Crippen LogP contribution < -0.4 is 5.73 Å². The van der Waals surface area contributed by atoms with E-state index in [4.69, 9.17) is 15.2 Å². The van der Waals surface area contributed by atoms with Gasteiger partial charge in [0.25, 0.3) is 0 Å². The summed E-state index contributed by atoms with van der Waals surface area (Å²) in [5, 5.41) is 0. The first-order chi connectivity index (χ1) is 7.56. The molecule has 0 aliphatic carbocycles. The van der Waals surface area contributed by atoms with Crippen LogP contribution in [0.3, 0.4) is 0 Å². The highest BCUT2D eigenvalue weighted by Crippen LogP contribution is 2.11. The van der Waals surface area contributed by atoms with Crippen molar-refractivity contribution in [3.05, 3.63) is 0 Å². The van der Waals surface area contributed by atoms with Crippen LogP contribution in [0.15, 0.2) is 0 Å².